The van der Waals surface area contributed by atoms with Crippen molar-refractivity contribution in [3.63, 3.8) is 0 Å². The summed E-state index contributed by atoms with van der Waals surface area (Å²) in [6.07, 6.45) is 0. The molecule has 1 atom stereocenters. The van der Waals surface area contributed by atoms with Crippen molar-refractivity contribution < 1.29 is 24.3 Å². The van der Waals surface area contributed by atoms with Gasteiger partial charge in [0.15, 0.2) is 0 Å². The second-order valence-corrected chi connectivity index (χ2v) is 3.99. The van der Waals surface area contributed by atoms with E-state index < -0.39 is 20.3 Å². The molecule has 0 aromatic carbocycles. The standard InChI is InChI=1S/C3H8O5Si.2Na.2H/c1-2(3(4)5)9(6,7)8;;;;/h2,6-8H,1H3,(H,4,5);;;;. The van der Waals surface area contributed by atoms with E-state index in [9.17, 15) is 4.79 Å². The van der Waals surface area contributed by atoms with Gasteiger partial charge in [-0.1, -0.05) is 0 Å². The van der Waals surface area contributed by atoms with Gasteiger partial charge in [0.2, 0.25) is 0 Å². The van der Waals surface area contributed by atoms with E-state index in [2.05, 4.69) is 0 Å². The van der Waals surface area contributed by atoms with Crippen LogP contribution in [0, 0.1) is 0 Å². The molecule has 1 unspecified atom stereocenters. The summed E-state index contributed by atoms with van der Waals surface area (Å²) < 4.78 is 0. The third-order valence-corrected chi connectivity index (χ3v) is 2.36. The van der Waals surface area contributed by atoms with Crippen LogP contribution >= 0.6 is 0 Å². The molecule has 0 radical (unpaired) electrons. The molecule has 0 saturated carbocycles. The molecular formula is C3H10Na2O5Si. The Bertz CT molecular complexity index is 123. The van der Waals surface area contributed by atoms with Crippen molar-refractivity contribution in [1.82, 2.24) is 0 Å². The number of hydrogen-bond donors (Lipinski definition) is 4. The molecular weight excluding hydrogens is 190 g/mol. The summed E-state index contributed by atoms with van der Waals surface area (Å²) in [4.78, 5) is 34.9. The fraction of sp³-hybridized carbons (Fsp3) is 0.667. The fourth-order valence-electron chi connectivity index (χ4n) is 0.166. The van der Waals surface area contributed by atoms with Gasteiger partial charge in [-0.15, -0.1) is 0 Å². The van der Waals surface area contributed by atoms with Crippen molar-refractivity contribution in [2.75, 3.05) is 0 Å². The molecule has 4 N–H and O–H groups in total. The molecule has 0 rings (SSSR count). The number of rotatable bonds is 2. The predicted molar refractivity (Wildman–Crippen MR) is 43.8 cm³/mol. The van der Waals surface area contributed by atoms with Crippen LogP contribution in [0.4, 0.5) is 0 Å². The molecule has 0 aliphatic carbocycles. The third kappa shape index (κ3) is 7.91. The fourth-order valence-corrected chi connectivity index (χ4v) is 0.497. The molecule has 0 aromatic heterocycles. The van der Waals surface area contributed by atoms with Crippen molar-refractivity contribution in [2.24, 2.45) is 0 Å². The maximum absolute atomic E-state index is 9.90. The van der Waals surface area contributed by atoms with E-state index in [0.717, 1.165) is 6.92 Å². The second kappa shape index (κ2) is 7.02. The van der Waals surface area contributed by atoms with Gasteiger partial charge in [-0.25, -0.2) is 0 Å². The summed E-state index contributed by atoms with van der Waals surface area (Å²) in [5.41, 5.74) is -1.46. The SMILES string of the molecule is CC(C(=O)O)[Si](O)(O)O.[NaH].[NaH]. The molecule has 0 saturated heterocycles. The first-order valence-corrected chi connectivity index (χ1v) is 4.17. The molecule has 11 heavy (non-hydrogen) atoms. The average molecular weight is 200 g/mol. The summed E-state index contributed by atoms with van der Waals surface area (Å²) >= 11 is 0. The summed E-state index contributed by atoms with van der Waals surface area (Å²) in [7, 11) is -4.42. The van der Waals surface area contributed by atoms with Crippen LogP contribution in [0.3, 0.4) is 0 Å². The second-order valence-electron chi connectivity index (χ2n) is 1.75. The van der Waals surface area contributed by atoms with Crippen molar-refractivity contribution in [3.05, 3.63) is 0 Å². The van der Waals surface area contributed by atoms with E-state index in [0.29, 0.717) is 0 Å². The molecule has 8 heteroatoms. The van der Waals surface area contributed by atoms with E-state index in [4.69, 9.17) is 19.5 Å². The maximum atomic E-state index is 9.90. The summed E-state index contributed by atoms with van der Waals surface area (Å²) in [6, 6.07) is 0. The van der Waals surface area contributed by atoms with Crippen molar-refractivity contribution in [2.45, 2.75) is 12.5 Å². The first-order chi connectivity index (χ1) is 3.85. The van der Waals surface area contributed by atoms with Crippen LogP contribution in [0.5, 0.6) is 0 Å². The monoisotopic (exact) mass is 200 g/mol. The van der Waals surface area contributed by atoms with E-state index in [1.807, 2.05) is 0 Å². The average Bonchev–Trinajstić information content (AvgIpc) is 1.62. The van der Waals surface area contributed by atoms with Crippen LogP contribution < -0.4 is 0 Å². The Morgan fingerprint density at radius 3 is 1.55 bits per heavy atom. The van der Waals surface area contributed by atoms with Gasteiger partial charge in [0, 0.05) is 0 Å². The van der Waals surface area contributed by atoms with Gasteiger partial charge in [-0.05, 0) is 6.92 Å². The minimum atomic E-state index is -4.42. The van der Waals surface area contributed by atoms with Crippen LogP contribution in [0.2, 0.25) is 5.54 Å². The quantitative estimate of drug-likeness (QED) is 0.358. The Kier molecular flexibility index (Phi) is 11.7. The topological polar surface area (TPSA) is 98.0 Å². The van der Waals surface area contributed by atoms with Gasteiger partial charge in [-0.3, -0.25) is 4.79 Å². The number of carbonyl (C=O) groups is 1. The Labute approximate surface area is 109 Å². The van der Waals surface area contributed by atoms with Crippen molar-refractivity contribution >= 4 is 73.9 Å². The molecule has 0 amide bonds. The van der Waals surface area contributed by atoms with Gasteiger partial charge in [0.25, 0.3) is 0 Å². The predicted octanol–water partition coefficient (Wildman–Crippen LogP) is -2.92. The number of aliphatic carboxylic acids is 1. The van der Waals surface area contributed by atoms with E-state index in [1.165, 1.54) is 0 Å². The van der Waals surface area contributed by atoms with Crippen molar-refractivity contribution in [3.8, 4) is 0 Å². The normalized spacial score (nSPS) is 12.4. The first kappa shape index (κ1) is 18.4. The van der Waals surface area contributed by atoms with Crippen LogP contribution in [0.1, 0.15) is 6.92 Å². The zero-order valence-corrected chi connectivity index (χ0v) is 5.77. The summed E-state index contributed by atoms with van der Waals surface area (Å²) in [6.45, 7) is 1.04. The van der Waals surface area contributed by atoms with E-state index in [1.54, 1.807) is 0 Å². The van der Waals surface area contributed by atoms with Gasteiger partial charge < -0.3 is 19.5 Å². The third-order valence-electron chi connectivity index (χ3n) is 0.951. The van der Waals surface area contributed by atoms with Gasteiger partial charge >= 0.3 is 73.9 Å². The zero-order valence-electron chi connectivity index (χ0n) is 4.77. The molecule has 0 heterocycles. The number of carboxylic acid groups (broad SMARTS) is 1. The molecule has 0 bridgehead atoms. The molecule has 0 fully saturated rings. The molecule has 0 aliphatic rings. The summed E-state index contributed by atoms with van der Waals surface area (Å²) in [5, 5.41) is 8.07. The molecule has 0 aromatic rings. The van der Waals surface area contributed by atoms with Crippen LogP contribution in [-0.4, -0.2) is 93.4 Å². The van der Waals surface area contributed by atoms with Gasteiger partial charge in [0.05, 0.1) is 0 Å². The van der Waals surface area contributed by atoms with Crippen molar-refractivity contribution in [1.29, 1.82) is 0 Å². The van der Waals surface area contributed by atoms with Crippen LogP contribution in [0.15, 0.2) is 0 Å². The Morgan fingerprint density at radius 2 is 1.55 bits per heavy atom. The Morgan fingerprint density at radius 1 is 1.27 bits per heavy atom. The zero-order chi connectivity index (χ0) is 7.65. The molecule has 5 nitrogen and oxygen atoms in total. The Hall–Kier alpha value is 1.57. The molecule has 0 spiro atoms. The van der Waals surface area contributed by atoms with E-state index >= 15 is 0 Å². The first-order valence-electron chi connectivity index (χ1n) is 2.25. The summed E-state index contributed by atoms with van der Waals surface area (Å²) in [5.74, 6) is -1.41. The number of hydrogen-bond acceptors (Lipinski definition) is 4. The molecule has 0 aliphatic heterocycles. The van der Waals surface area contributed by atoms with E-state index in [-0.39, 0.29) is 59.1 Å². The number of carboxylic acids is 1. The van der Waals surface area contributed by atoms with Crippen LogP contribution in [-0.2, 0) is 4.79 Å². The Balaban J connectivity index is -0.000000320. The molecule has 58 valence electrons. The van der Waals surface area contributed by atoms with Gasteiger partial charge in [-0.2, -0.15) is 0 Å². The minimum absolute atomic E-state index is 0. The van der Waals surface area contributed by atoms with Crippen LogP contribution in [0.25, 0.3) is 0 Å². The van der Waals surface area contributed by atoms with Gasteiger partial charge in [0.1, 0.15) is 5.54 Å².